The zero-order chi connectivity index (χ0) is 17.2. The number of ether oxygens (including phenoxy) is 1. The van der Waals surface area contributed by atoms with Gasteiger partial charge in [0, 0.05) is 18.2 Å². The van der Waals surface area contributed by atoms with Gasteiger partial charge >= 0.3 is 6.03 Å². The van der Waals surface area contributed by atoms with E-state index in [1.807, 2.05) is 45.0 Å². The highest BCUT2D eigenvalue weighted by molar-refractivity contribution is 5.86. The van der Waals surface area contributed by atoms with Crippen molar-refractivity contribution in [3.05, 3.63) is 29.8 Å². The summed E-state index contributed by atoms with van der Waals surface area (Å²) in [6, 6.07) is 6.64. The van der Waals surface area contributed by atoms with Gasteiger partial charge in [-0.15, -0.1) is 0 Å². The van der Waals surface area contributed by atoms with Crippen LogP contribution in [-0.2, 0) is 11.3 Å². The van der Waals surface area contributed by atoms with Crippen LogP contribution in [0.4, 0.5) is 4.79 Å². The molecule has 2 atom stereocenters. The second-order valence-corrected chi connectivity index (χ2v) is 5.41. The fourth-order valence-electron chi connectivity index (χ4n) is 1.90. The minimum Gasteiger partial charge on any atom is -0.494 e. The lowest BCUT2D eigenvalue weighted by Gasteiger charge is -2.18. The highest BCUT2D eigenvalue weighted by Crippen LogP contribution is 2.17. The molecule has 0 unspecified atom stereocenters. The van der Waals surface area contributed by atoms with Gasteiger partial charge in [0.15, 0.2) is 0 Å². The maximum Gasteiger partial charge on any atom is 0.315 e. The molecule has 128 valence electrons. The van der Waals surface area contributed by atoms with Crippen molar-refractivity contribution in [1.82, 2.24) is 16.0 Å². The first-order valence-electron chi connectivity index (χ1n) is 8.03. The average molecular weight is 321 g/mol. The number of rotatable bonds is 8. The fraction of sp³-hybridized carbons (Fsp3) is 0.529. The summed E-state index contributed by atoms with van der Waals surface area (Å²) in [7, 11) is 0. The average Bonchev–Trinajstić information content (AvgIpc) is 2.54. The van der Waals surface area contributed by atoms with E-state index in [-0.39, 0.29) is 18.0 Å². The van der Waals surface area contributed by atoms with Gasteiger partial charge in [-0.25, -0.2) is 4.79 Å². The number of para-hydroxylation sites is 1. The van der Waals surface area contributed by atoms with Crippen LogP contribution in [0.3, 0.4) is 0 Å². The van der Waals surface area contributed by atoms with E-state index in [1.54, 1.807) is 6.92 Å². The molecule has 0 radical (unpaired) electrons. The molecule has 0 saturated heterocycles. The predicted molar refractivity (Wildman–Crippen MR) is 90.3 cm³/mol. The number of hydrogen-bond donors (Lipinski definition) is 3. The molecule has 23 heavy (non-hydrogen) atoms. The van der Waals surface area contributed by atoms with Crippen molar-refractivity contribution in [3.8, 4) is 5.75 Å². The van der Waals surface area contributed by atoms with Gasteiger partial charge in [-0.1, -0.05) is 25.1 Å². The normalized spacial score (nSPS) is 12.9. The Balaban J connectivity index is 2.46. The largest absolute Gasteiger partial charge is 0.494 e. The molecule has 0 aliphatic heterocycles. The van der Waals surface area contributed by atoms with Gasteiger partial charge in [-0.2, -0.15) is 0 Å². The highest BCUT2D eigenvalue weighted by atomic mass is 16.5. The van der Waals surface area contributed by atoms with Crippen LogP contribution < -0.4 is 20.7 Å². The van der Waals surface area contributed by atoms with Gasteiger partial charge in [0.1, 0.15) is 11.8 Å². The van der Waals surface area contributed by atoms with E-state index in [2.05, 4.69) is 16.0 Å². The summed E-state index contributed by atoms with van der Waals surface area (Å²) in [5.74, 6) is 0.557. The van der Waals surface area contributed by atoms with Crippen molar-refractivity contribution in [1.29, 1.82) is 0 Å². The number of carbonyl (C=O) groups excluding carboxylic acids is 2. The summed E-state index contributed by atoms with van der Waals surface area (Å²) in [5.41, 5.74) is 0.890. The second-order valence-electron chi connectivity index (χ2n) is 5.41. The monoisotopic (exact) mass is 321 g/mol. The number of carbonyl (C=O) groups is 2. The number of amides is 3. The topological polar surface area (TPSA) is 79.5 Å². The van der Waals surface area contributed by atoms with Gasteiger partial charge in [0.2, 0.25) is 5.91 Å². The molecule has 1 aromatic rings. The molecule has 0 aromatic heterocycles. The van der Waals surface area contributed by atoms with Gasteiger partial charge in [0.05, 0.1) is 6.61 Å². The Morgan fingerprint density at radius 1 is 1.13 bits per heavy atom. The van der Waals surface area contributed by atoms with Crippen LogP contribution in [0, 0.1) is 0 Å². The molecular weight excluding hydrogens is 294 g/mol. The quantitative estimate of drug-likeness (QED) is 0.686. The van der Waals surface area contributed by atoms with Crippen LogP contribution in [0.25, 0.3) is 0 Å². The minimum absolute atomic E-state index is 0.0906. The van der Waals surface area contributed by atoms with Crippen LogP contribution in [0.15, 0.2) is 24.3 Å². The Labute approximate surface area is 138 Å². The Kier molecular flexibility index (Phi) is 7.94. The predicted octanol–water partition coefficient (Wildman–Crippen LogP) is 2.19. The lowest BCUT2D eigenvalue weighted by atomic mass is 10.2. The van der Waals surface area contributed by atoms with Crippen molar-refractivity contribution >= 4 is 11.9 Å². The molecule has 3 N–H and O–H groups in total. The van der Waals surface area contributed by atoms with E-state index in [0.29, 0.717) is 13.2 Å². The van der Waals surface area contributed by atoms with E-state index in [0.717, 1.165) is 17.7 Å². The number of nitrogens with one attached hydrogen (secondary N) is 3. The molecular formula is C17H27N3O3. The third-order valence-electron chi connectivity index (χ3n) is 3.45. The number of hydrogen-bond acceptors (Lipinski definition) is 3. The Hall–Kier alpha value is -2.24. The third-order valence-corrected chi connectivity index (χ3v) is 3.45. The van der Waals surface area contributed by atoms with Crippen molar-refractivity contribution in [2.24, 2.45) is 0 Å². The number of benzene rings is 1. The maximum atomic E-state index is 11.9. The summed E-state index contributed by atoms with van der Waals surface area (Å²) in [5, 5.41) is 8.20. The molecule has 6 heteroatoms. The molecule has 0 aliphatic carbocycles. The lowest BCUT2D eigenvalue weighted by molar-refractivity contribution is -0.123. The summed E-state index contributed by atoms with van der Waals surface area (Å²) >= 11 is 0. The van der Waals surface area contributed by atoms with E-state index in [1.165, 1.54) is 0 Å². The van der Waals surface area contributed by atoms with E-state index >= 15 is 0 Å². The van der Waals surface area contributed by atoms with Crippen molar-refractivity contribution in [3.63, 3.8) is 0 Å². The summed E-state index contributed by atoms with van der Waals surface area (Å²) < 4.78 is 5.51. The van der Waals surface area contributed by atoms with Crippen LogP contribution in [0.5, 0.6) is 5.75 Å². The molecule has 1 aromatic carbocycles. The lowest BCUT2D eigenvalue weighted by Crippen LogP contribution is -2.50. The third kappa shape index (κ3) is 6.59. The SMILES string of the molecule is CCOc1ccccc1CNC(=O)N[C@H](C)C(=O)N[C@H](C)CC. The molecule has 1 rings (SSSR count). The minimum atomic E-state index is -0.592. The van der Waals surface area contributed by atoms with E-state index in [4.69, 9.17) is 4.74 Å². The molecule has 0 aliphatic rings. The second kappa shape index (κ2) is 9.71. The molecule has 0 saturated carbocycles. The van der Waals surface area contributed by atoms with Crippen molar-refractivity contribution in [2.45, 2.75) is 52.7 Å². The Bertz CT molecular complexity index is 520. The van der Waals surface area contributed by atoms with E-state index in [9.17, 15) is 9.59 Å². The first kappa shape index (κ1) is 18.8. The molecule has 0 spiro atoms. The molecule has 6 nitrogen and oxygen atoms in total. The van der Waals surface area contributed by atoms with E-state index < -0.39 is 6.04 Å². The molecule has 0 bridgehead atoms. The zero-order valence-corrected chi connectivity index (χ0v) is 14.3. The standard InChI is InChI=1S/C17H27N3O3/c1-5-12(3)19-16(21)13(4)20-17(22)18-11-14-9-7-8-10-15(14)23-6-2/h7-10,12-13H,5-6,11H2,1-4H3,(H,19,21)(H2,18,20,22)/t12-,13-/m1/s1. The van der Waals surface area contributed by atoms with Crippen LogP contribution in [0.2, 0.25) is 0 Å². The van der Waals surface area contributed by atoms with Crippen LogP contribution in [-0.4, -0.2) is 30.6 Å². The summed E-state index contributed by atoms with van der Waals surface area (Å²) in [6.45, 7) is 8.39. The van der Waals surface area contributed by atoms with Crippen molar-refractivity contribution in [2.75, 3.05) is 6.61 Å². The molecule has 3 amide bonds. The Morgan fingerprint density at radius 2 is 1.83 bits per heavy atom. The summed E-state index contributed by atoms with van der Waals surface area (Å²) in [6.07, 6.45) is 0.846. The highest BCUT2D eigenvalue weighted by Gasteiger charge is 2.16. The van der Waals surface area contributed by atoms with Crippen molar-refractivity contribution < 1.29 is 14.3 Å². The van der Waals surface area contributed by atoms with Gasteiger partial charge in [-0.3, -0.25) is 4.79 Å². The smallest absolute Gasteiger partial charge is 0.315 e. The molecule has 0 fully saturated rings. The maximum absolute atomic E-state index is 11.9. The van der Waals surface area contributed by atoms with Gasteiger partial charge in [-0.05, 0) is 33.3 Å². The fourth-order valence-corrected chi connectivity index (χ4v) is 1.90. The first-order valence-corrected chi connectivity index (χ1v) is 8.03. The zero-order valence-electron chi connectivity index (χ0n) is 14.3. The Morgan fingerprint density at radius 3 is 2.48 bits per heavy atom. The van der Waals surface area contributed by atoms with Crippen LogP contribution >= 0.6 is 0 Å². The number of urea groups is 1. The summed E-state index contributed by atoms with van der Waals surface area (Å²) in [4.78, 5) is 23.8. The van der Waals surface area contributed by atoms with Gasteiger partial charge in [0.25, 0.3) is 0 Å². The van der Waals surface area contributed by atoms with Gasteiger partial charge < -0.3 is 20.7 Å². The first-order chi connectivity index (χ1) is 11.0. The van der Waals surface area contributed by atoms with Crippen LogP contribution in [0.1, 0.15) is 39.7 Å². The molecule has 0 heterocycles.